The van der Waals surface area contributed by atoms with Gasteiger partial charge < -0.3 is 10.1 Å². The summed E-state index contributed by atoms with van der Waals surface area (Å²) in [5, 5.41) is 8.08. The van der Waals surface area contributed by atoms with Gasteiger partial charge in [0.25, 0.3) is 0 Å². The molecule has 0 bridgehead atoms. The van der Waals surface area contributed by atoms with E-state index < -0.39 is 0 Å². The Kier molecular flexibility index (Phi) is 3.69. The van der Waals surface area contributed by atoms with Crippen molar-refractivity contribution in [3.05, 3.63) is 59.9 Å². The van der Waals surface area contributed by atoms with Crippen LogP contribution in [-0.4, -0.2) is 22.9 Å². The fourth-order valence-corrected chi connectivity index (χ4v) is 3.13. The normalized spacial score (nSPS) is 12.8. The van der Waals surface area contributed by atoms with E-state index in [2.05, 4.69) is 5.32 Å². The van der Waals surface area contributed by atoms with Crippen molar-refractivity contribution >= 4 is 5.82 Å². The van der Waals surface area contributed by atoms with E-state index >= 15 is 0 Å². The van der Waals surface area contributed by atoms with E-state index in [1.54, 1.807) is 12.1 Å². The second kappa shape index (κ2) is 6.00. The average molecular weight is 323 g/mol. The number of benzene rings is 2. The zero-order valence-corrected chi connectivity index (χ0v) is 13.4. The van der Waals surface area contributed by atoms with Crippen molar-refractivity contribution in [1.82, 2.24) is 9.78 Å². The minimum Gasteiger partial charge on any atom is -0.492 e. The number of halogens is 1. The number of aromatic nitrogens is 2. The Morgan fingerprint density at radius 3 is 2.79 bits per heavy atom. The van der Waals surface area contributed by atoms with E-state index in [9.17, 15) is 4.39 Å². The average Bonchev–Trinajstić information content (AvgIpc) is 3.19. The number of hydrogen-bond acceptors (Lipinski definition) is 3. The second-order valence-corrected chi connectivity index (χ2v) is 5.64. The molecular weight excluding hydrogens is 305 g/mol. The fourth-order valence-electron chi connectivity index (χ4n) is 3.13. The number of nitrogens with one attached hydrogen (secondary N) is 1. The smallest absolute Gasteiger partial charge is 0.145 e. The van der Waals surface area contributed by atoms with Gasteiger partial charge in [-0.05, 0) is 37.6 Å². The van der Waals surface area contributed by atoms with Crippen LogP contribution in [0.15, 0.2) is 48.5 Å². The molecule has 0 amide bonds. The molecule has 2 heterocycles. The van der Waals surface area contributed by atoms with Crippen LogP contribution in [-0.2, 0) is 6.42 Å². The monoisotopic (exact) mass is 323 g/mol. The third-order valence-corrected chi connectivity index (χ3v) is 4.17. The Balaban J connectivity index is 1.91. The SMILES string of the molecule is CCOc1ccccc1-n1nc(-c2ccccc2F)c2c1NCC2. The molecular formula is C19H18FN3O. The largest absolute Gasteiger partial charge is 0.492 e. The van der Waals surface area contributed by atoms with Gasteiger partial charge in [0, 0.05) is 17.7 Å². The molecule has 3 aromatic rings. The van der Waals surface area contributed by atoms with Crippen LogP contribution in [0.2, 0.25) is 0 Å². The third kappa shape index (κ3) is 2.33. The van der Waals surface area contributed by atoms with E-state index in [0.29, 0.717) is 17.9 Å². The Labute approximate surface area is 139 Å². The number of anilines is 1. The maximum absolute atomic E-state index is 14.3. The van der Waals surface area contributed by atoms with Gasteiger partial charge in [0.1, 0.15) is 28.8 Å². The van der Waals surface area contributed by atoms with E-state index in [1.807, 2.05) is 41.9 Å². The van der Waals surface area contributed by atoms with Gasteiger partial charge >= 0.3 is 0 Å². The molecule has 0 saturated heterocycles. The highest BCUT2D eigenvalue weighted by molar-refractivity contribution is 5.73. The van der Waals surface area contributed by atoms with Crippen molar-refractivity contribution in [1.29, 1.82) is 0 Å². The highest BCUT2D eigenvalue weighted by atomic mass is 19.1. The van der Waals surface area contributed by atoms with Crippen LogP contribution in [0.1, 0.15) is 12.5 Å². The molecule has 1 aliphatic rings. The maximum atomic E-state index is 14.3. The van der Waals surface area contributed by atoms with Crippen LogP contribution in [0.4, 0.5) is 10.2 Å². The lowest BCUT2D eigenvalue weighted by Gasteiger charge is -2.12. The number of ether oxygens (including phenoxy) is 1. The topological polar surface area (TPSA) is 39.1 Å². The lowest BCUT2D eigenvalue weighted by molar-refractivity contribution is 0.338. The molecule has 0 fully saturated rings. The van der Waals surface area contributed by atoms with Crippen molar-refractivity contribution in [2.75, 3.05) is 18.5 Å². The number of hydrogen-bond donors (Lipinski definition) is 1. The Morgan fingerprint density at radius 1 is 1.17 bits per heavy atom. The molecule has 0 unspecified atom stereocenters. The molecule has 1 aliphatic heterocycles. The highest BCUT2D eigenvalue weighted by Gasteiger charge is 2.26. The predicted molar refractivity (Wildman–Crippen MR) is 92.3 cm³/mol. The molecule has 0 saturated carbocycles. The summed E-state index contributed by atoms with van der Waals surface area (Å²) in [4.78, 5) is 0. The van der Waals surface area contributed by atoms with Crippen molar-refractivity contribution in [2.24, 2.45) is 0 Å². The second-order valence-electron chi connectivity index (χ2n) is 5.64. The van der Waals surface area contributed by atoms with Crippen LogP contribution in [0.25, 0.3) is 16.9 Å². The van der Waals surface area contributed by atoms with E-state index in [4.69, 9.17) is 9.84 Å². The summed E-state index contributed by atoms with van der Waals surface area (Å²) in [6.45, 7) is 3.35. The predicted octanol–water partition coefficient (Wildman–Crippen LogP) is 4.05. The Hall–Kier alpha value is -2.82. The van der Waals surface area contributed by atoms with E-state index in [0.717, 1.165) is 35.8 Å². The first-order valence-electron chi connectivity index (χ1n) is 8.12. The van der Waals surface area contributed by atoms with Crippen molar-refractivity contribution in [3.63, 3.8) is 0 Å². The molecule has 4 nitrogen and oxygen atoms in total. The molecule has 5 heteroatoms. The minimum atomic E-state index is -0.255. The van der Waals surface area contributed by atoms with Crippen LogP contribution >= 0.6 is 0 Å². The highest BCUT2D eigenvalue weighted by Crippen LogP contribution is 2.37. The molecule has 2 aromatic carbocycles. The van der Waals surface area contributed by atoms with Gasteiger partial charge in [-0.15, -0.1) is 0 Å². The molecule has 1 aromatic heterocycles. The first kappa shape index (κ1) is 14.8. The molecule has 122 valence electrons. The number of nitrogens with zero attached hydrogens (tertiary/aromatic N) is 2. The fraction of sp³-hybridized carbons (Fsp3) is 0.211. The van der Waals surface area contributed by atoms with Crippen molar-refractivity contribution in [2.45, 2.75) is 13.3 Å². The molecule has 0 atom stereocenters. The summed E-state index contributed by atoms with van der Waals surface area (Å²) in [5.74, 6) is 1.43. The first-order chi connectivity index (χ1) is 11.8. The molecule has 24 heavy (non-hydrogen) atoms. The molecule has 0 spiro atoms. The van der Waals surface area contributed by atoms with Gasteiger partial charge in [0.05, 0.1) is 6.61 Å². The molecule has 0 radical (unpaired) electrons. The quantitative estimate of drug-likeness (QED) is 0.787. The van der Waals surface area contributed by atoms with Crippen LogP contribution in [0.5, 0.6) is 5.75 Å². The number of para-hydroxylation sites is 2. The maximum Gasteiger partial charge on any atom is 0.145 e. The lowest BCUT2D eigenvalue weighted by Crippen LogP contribution is -2.06. The van der Waals surface area contributed by atoms with Gasteiger partial charge in [0.2, 0.25) is 0 Å². The minimum absolute atomic E-state index is 0.255. The number of rotatable bonds is 4. The molecule has 0 aliphatic carbocycles. The zero-order valence-electron chi connectivity index (χ0n) is 13.4. The van der Waals surface area contributed by atoms with Crippen molar-refractivity contribution in [3.8, 4) is 22.7 Å². The van der Waals surface area contributed by atoms with Gasteiger partial charge in [-0.2, -0.15) is 5.10 Å². The summed E-state index contributed by atoms with van der Waals surface area (Å²) < 4.78 is 21.8. The Bertz CT molecular complexity index is 888. The zero-order chi connectivity index (χ0) is 16.5. The Morgan fingerprint density at radius 2 is 1.96 bits per heavy atom. The summed E-state index contributed by atoms with van der Waals surface area (Å²) in [6.07, 6.45) is 0.829. The van der Waals surface area contributed by atoms with Crippen LogP contribution < -0.4 is 10.1 Å². The lowest BCUT2D eigenvalue weighted by atomic mass is 10.1. The first-order valence-corrected chi connectivity index (χ1v) is 8.12. The molecule has 1 N–H and O–H groups in total. The van der Waals surface area contributed by atoms with Gasteiger partial charge in [0.15, 0.2) is 0 Å². The standard InChI is InChI=1S/C19H18FN3O/c1-2-24-17-10-6-5-9-16(17)23-19-14(11-12-21-19)18(22-23)13-7-3-4-8-15(13)20/h3-10,21H,2,11-12H2,1H3. The number of fused-ring (bicyclic) bond motifs is 1. The van der Waals surface area contributed by atoms with Gasteiger partial charge in [-0.3, -0.25) is 0 Å². The van der Waals surface area contributed by atoms with Gasteiger partial charge in [-0.1, -0.05) is 24.3 Å². The third-order valence-electron chi connectivity index (χ3n) is 4.17. The summed E-state index contributed by atoms with van der Waals surface area (Å²) >= 11 is 0. The van der Waals surface area contributed by atoms with E-state index in [-0.39, 0.29) is 5.82 Å². The summed E-state index contributed by atoms with van der Waals surface area (Å²) in [7, 11) is 0. The van der Waals surface area contributed by atoms with E-state index in [1.165, 1.54) is 6.07 Å². The van der Waals surface area contributed by atoms with Crippen LogP contribution in [0, 0.1) is 5.82 Å². The van der Waals surface area contributed by atoms with Crippen LogP contribution in [0.3, 0.4) is 0 Å². The summed E-state index contributed by atoms with van der Waals surface area (Å²) in [5.41, 5.74) is 3.13. The molecule has 4 rings (SSSR count). The van der Waals surface area contributed by atoms with Gasteiger partial charge in [-0.25, -0.2) is 9.07 Å². The summed E-state index contributed by atoms with van der Waals surface area (Å²) in [6, 6.07) is 14.5. The van der Waals surface area contributed by atoms with Crippen molar-refractivity contribution < 1.29 is 9.13 Å².